The van der Waals surface area contributed by atoms with Gasteiger partial charge >= 0.3 is 0 Å². The minimum absolute atomic E-state index is 0. The third kappa shape index (κ3) is 6.84. The van der Waals surface area contributed by atoms with Gasteiger partial charge in [-0.3, -0.25) is 10.1 Å². The zero-order valence-corrected chi connectivity index (χ0v) is 19.1. The number of aromatic nitrogens is 2. The van der Waals surface area contributed by atoms with Crippen LogP contribution in [0.1, 0.15) is 38.3 Å². The molecule has 8 nitrogen and oxygen atoms in total. The summed E-state index contributed by atoms with van der Waals surface area (Å²) in [5.41, 5.74) is 7.43. The first-order valence-corrected chi connectivity index (χ1v) is 9.93. The van der Waals surface area contributed by atoms with Crippen molar-refractivity contribution in [3.8, 4) is 0 Å². The summed E-state index contributed by atoms with van der Waals surface area (Å²) in [7, 11) is 0. The molecule has 0 saturated carbocycles. The molecule has 0 amide bonds. The average Bonchev–Trinajstić information content (AvgIpc) is 2.67. The van der Waals surface area contributed by atoms with Crippen molar-refractivity contribution in [3.05, 3.63) is 45.1 Å². The van der Waals surface area contributed by atoms with Crippen LogP contribution < -0.4 is 16.0 Å². The van der Waals surface area contributed by atoms with E-state index in [1.54, 1.807) is 6.07 Å². The van der Waals surface area contributed by atoms with Gasteiger partial charge in [0.15, 0.2) is 0 Å². The smallest absolute Gasteiger partial charge is 0.289 e. The van der Waals surface area contributed by atoms with Gasteiger partial charge in [0, 0.05) is 42.6 Å². The molecular formula is C19H27Cl3N6O2. The molecule has 0 bridgehead atoms. The number of halogens is 3. The summed E-state index contributed by atoms with van der Waals surface area (Å²) in [6.07, 6.45) is 4.99. The fraction of sp³-hybridized carbons (Fsp3) is 0.474. The van der Waals surface area contributed by atoms with Crippen molar-refractivity contribution in [1.82, 2.24) is 9.97 Å². The van der Waals surface area contributed by atoms with Gasteiger partial charge in [0.1, 0.15) is 10.8 Å². The maximum absolute atomic E-state index is 11.1. The third-order valence-electron chi connectivity index (χ3n) is 4.73. The van der Waals surface area contributed by atoms with Gasteiger partial charge < -0.3 is 16.0 Å². The Bertz CT molecular complexity index is 855. The zero-order valence-electron chi connectivity index (χ0n) is 16.7. The summed E-state index contributed by atoms with van der Waals surface area (Å²) in [4.78, 5) is 22.0. The Labute approximate surface area is 193 Å². The van der Waals surface area contributed by atoms with Crippen LogP contribution >= 0.6 is 36.4 Å². The largest absolute Gasteiger partial charge is 0.355 e. The number of nitro groups is 1. The van der Waals surface area contributed by atoms with Gasteiger partial charge in [-0.25, -0.2) is 4.98 Å². The maximum Gasteiger partial charge on any atom is 0.289 e. The number of hydrogen-bond donors (Lipinski definition) is 2. The molecule has 166 valence electrons. The maximum atomic E-state index is 11.1. The highest BCUT2D eigenvalue weighted by molar-refractivity contribution is 6.32. The predicted octanol–water partition coefficient (Wildman–Crippen LogP) is 4.90. The van der Waals surface area contributed by atoms with Crippen LogP contribution in [0.3, 0.4) is 0 Å². The molecule has 11 heteroatoms. The van der Waals surface area contributed by atoms with E-state index in [-0.39, 0.29) is 41.6 Å². The van der Waals surface area contributed by atoms with Crippen molar-refractivity contribution in [2.45, 2.75) is 45.1 Å². The summed E-state index contributed by atoms with van der Waals surface area (Å²) in [5.74, 6) is 1.25. The zero-order chi connectivity index (χ0) is 20.1. The van der Waals surface area contributed by atoms with E-state index in [1.165, 1.54) is 12.1 Å². The minimum atomic E-state index is -0.507. The Hall–Kier alpha value is -1.87. The molecule has 1 unspecified atom stereocenters. The molecule has 1 aromatic carbocycles. The molecule has 1 aliphatic rings. The van der Waals surface area contributed by atoms with Gasteiger partial charge in [0.25, 0.3) is 5.69 Å². The minimum Gasteiger partial charge on any atom is -0.355 e. The predicted molar refractivity (Wildman–Crippen MR) is 126 cm³/mol. The Morgan fingerprint density at radius 1 is 1.33 bits per heavy atom. The Morgan fingerprint density at radius 3 is 2.77 bits per heavy atom. The number of piperidine rings is 1. The van der Waals surface area contributed by atoms with E-state index >= 15 is 0 Å². The monoisotopic (exact) mass is 476 g/mol. The molecule has 0 aliphatic carbocycles. The molecule has 1 aromatic heterocycles. The number of rotatable bonds is 7. The number of hydrogen-bond acceptors (Lipinski definition) is 7. The van der Waals surface area contributed by atoms with Gasteiger partial charge in [-0.05, 0) is 37.8 Å². The van der Waals surface area contributed by atoms with Crippen molar-refractivity contribution in [3.63, 3.8) is 0 Å². The Kier molecular flexibility index (Phi) is 10.6. The van der Waals surface area contributed by atoms with E-state index in [9.17, 15) is 10.1 Å². The van der Waals surface area contributed by atoms with Crippen LogP contribution in [-0.4, -0.2) is 34.0 Å². The molecule has 0 radical (unpaired) electrons. The normalized spacial score (nSPS) is 15.7. The molecule has 0 spiro atoms. The second kappa shape index (κ2) is 12.1. The molecule has 3 N–H and O–H groups in total. The van der Waals surface area contributed by atoms with E-state index in [1.807, 2.05) is 6.07 Å². The summed E-state index contributed by atoms with van der Waals surface area (Å²) in [6.45, 7) is 3.80. The third-order valence-corrected chi connectivity index (χ3v) is 5.05. The van der Waals surface area contributed by atoms with Gasteiger partial charge in [-0.1, -0.05) is 24.9 Å². The lowest BCUT2D eigenvalue weighted by atomic mass is 10.1. The summed E-state index contributed by atoms with van der Waals surface area (Å²) in [5, 5.41) is 14.3. The number of nitrogens with two attached hydrogens (primary N) is 1. The number of nitrogens with zero attached hydrogens (tertiary/aromatic N) is 4. The van der Waals surface area contributed by atoms with Gasteiger partial charge in [0.05, 0.1) is 4.92 Å². The van der Waals surface area contributed by atoms with Crippen LogP contribution in [0.4, 0.5) is 23.1 Å². The quantitative estimate of drug-likeness (QED) is 0.431. The van der Waals surface area contributed by atoms with Crippen molar-refractivity contribution >= 4 is 59.6 Å². The van der Waals surface area contributed by atoms with Gasteiger partial charge in [-0.2, -0.15) is 4.98 Å². The average molecular weight is 478 g/mol. The first-order chi connectivity index (χ1) is 13.5. The van der Waals surface area contributed by atoms with Crippen molar-refractivity contribution in [2.24, 2.45) is 5.73 Å². The molecule has 1 fully saturated rings. The van der Waals surface area contributed by atoms with E-state index in [0.29, 0.717) is 11.6 Å². The number of unbranched alkanes of at least 4 members (excludes halogenated alkanes) is 1. The molecule has 30 heavy (non-hydrogen) atoms. The van der Waals surface area contributed by atoms with Crippen molar-refractivity contribution < 1.29 is 4.92 Å². The first kappa shape index (κ1) is 26.2. The molecule has 3 rings (SSSR count). The van der Waals surface area contributed by atoms with E-state index in [4.69, 9.17) is 17.3 Å². The number of nitro benzene ring substituents is 1. The van der Waals surface area contributed by atoms with E-state index in [0.717, 1.165) is 56.7 Å². The topological polar surface area (TPSA) is 110 Å². The lowest BCUT2D eigenvalue weighted by Crippen LogP contribution is -2.43. The lowest BCUT2D eigenvalue weighted by Gasteiger charge is -2.32. The molecule has 1 atom stereocenters. The van der Waals surface area contributed by atoms with Crippen LogP contribution in [0.2, 0.25) is 5.02 Å². The van der Waals surface area contributed by atoms with Crippen LogP contribution in [-0.2, 0) is 6.42 Å². The summed E-state index contributed by atoms with van der Waals surface area (Å²) >= 11 is 5.90. The standard InChI is InChI=1S/C19H25ClN6O2.2ClH/c1-2-3-6-14-11-18(25-9-4-5-13(21)12-25)24-19(22-14)23-15-7-8-16(20)17(10-15)26(27)28;;/h7-8,10-11,13H,2-6,9,12,21H2,1H3,(H,22,23,24);2*1H. The second-order valence-corrected chi connectivity index (χ2v) is 7.45. The number of aryl methyl sites for hydroxylation is 1. The molecule has 1 saturated heterocycles. The second-order valence-electron chi connectivity index (χ2n) is 7.04. The highest BCUT2D eigenvalue weighted by Crippen LogP contribution is 2.29. The molecule has 2 aromatic rings. The van der Waals surface area contributed by atoms with E-state index in [2.05, 4.69) is 27.1 Å². The van der Waals surface area contributed by atoms with E-state index < -0.39 is 4.92 Å². The molecular weight excluding hydrogens is 451 g/mol. The summed E-state index contributed by atoms with van der Waals surface area (Å²) < 4.78 is 0. The number of nitrogens with one attached hydrogen (secondary N) is 1. The Balaban J connectivity index is 0.00000225. The van der Waals surface area contributed by atoms with Crippen molar-refractivity contribution in [2.75, 3.05) is 23.3 Å². The molecule has 2 heterocycles. The first-order valence-electron chi connectivity index (χ1n) is 9.55. The fourth-order valence-corrected chi connectivity index (χ4v) is 3.45. The van der Waals surface area contributed by atoms with Crippen LogP contribution in [0, 0.1) is 10.1 Å². The van der Waals surface area contributed by atoms with Crippen LogP contribution in [0.25, 0.3) is 0 Å². The number of anilines is 3. The molecule has 1 aliphatic heterocycles. The summed E-state index contributed by atoms with van der Waals surface area (Å²) in [6, 6.07) is 6.71. The lowest BCUT2D eigenvalue weighted by molar-refractivity contribution is -0.384. The number of benzene rings is 1. The van der Waals surface area contributed by atoms with Gasteiger partial charge in [-0.15, -0.1) is 24.8 Å². The van der Waals surface area contributed by atoms with Crippen LogP contribution in [0.5, 0.6) is 0 Å². The Morgan fingerprint density at radius 2 is 2.10 bits per heavy atom. The van der Waals surface area contributed by atoms with Gasteiger partial charge in [0.2, 0.25) is 5.95 Å². The van der Waals surface area contributed by atoms with Crippen molar-refractivity contribution in [1.29, 1.82) is 0 Å². The highest BCUT2D eigenvalue weighted by atomic mass is 35.5. The highest BCUT2D eigenvalue weighted by Gasteiger charge is 2.20. The SMILES string of the molecule is CCCCc1cc(N2CCCC(N)C2)nc(Nc2ccc(Cl)c([N+](=O)[O-])c2)n1.Cl.Cl. The van der Waals surface area contributed by atoms with Crippen LogP contribution in [0.15, 0.2) is 24.3 Å². The fourth-order valence-electron chi connectivity index (χ4n) is 3.26.